The summed E-state index contributed by atoms with van der Waals surface area (Å²) in [6, 6.07) is 19.2. The molecule has 37 heavy (non-hydrogen) atoms. The van der Waals surface area contributed by atoms with Crippen LogP contribution in [0.3, 0.4) is 0 Å². The topological polar surface area (TPSA) is 72.8 Å². The first-order chi connectivity index (χ1) is 17.8. The van der Waals surface area contributed by atoms with E-state index in [1.165, 1.54) is 6.42 Å². The first-order valence-corrected chi connectivity index (χ1v) is 14.0. The van der Waals surface area contributed by atoms with Crippen molar-refractivity contribution in [3.05, 3.63) is 71.8 Å². The van der Waals surface area contributed by atoms with Crippen molar-refractivity contribution < 1.29 is 24.2 Å². The van der Waals surface area contributed by atoms with E-state index in [0.29, 0.717) is 49.9 Å². The van der Waals surface area contributed by atoms with Crippen molar-refractivity contribution >= 4 is 11.9 Å². The van der Waals surface area contributed by atoms with Crippen molar-refractivity contribution in [1.29, 1.82) is 0 Å². The molecule has 5 nitrogen and oxygen atoms in total. The summed E-state index contributed by atoms with van der Waals surface area (Å²) in [5, 5.41) is 10.3. The van der Waals surface area contributed by atoms with E-state index in [-0.39, 0.29) is 24.5 Å². The molecule has 202 valence electrons. The van der Waals surface area contributed by atoms with Gasteiger partial charge in [-0.1, -0.05) is 87.9 Å². The second-order valence-corrected chi connectivity index (χ2v) is 11.0. The lowest BCUT2D eigenvalue weighted by atomic mass is 9.75. The van der Waals surface area contributed by atoms with E-state index in [2.05, 4.69) is 20.8 Å². The van der Waals surface area contributed by atoms with Gasteiger partial charge in [-0.15, -0.1) is 0 Å². The molecule has 0 spiro atoms. The van der Waals surface area contributed by atoms with Gasteiger partial charge >= 0.3 is 11.9 Å². The van der Waals surface area contributed by atoms with Gasteiger partial charge in [0.1, 0.15) is 12.2 Å². The maximum atomic E-state index is 12.7. The van der Waals surface area contributed by atoms with Gasteiger partial charge < -0.3 is 14.6 Å². The molecule has 5 heteroatoms. The largest absolute Gasteiger partial charge is 0.462 e. The Morgan fingerprint density at radius 1 is 0.865 bits per heavy atom. The maximum Gasteiger partial charge on any atom is 0.306 e. The fourth-order valence-electron chi connectivity index (χ4n) is 5.37. The number of carbonyl (C=O) groups is 2. The molecule has 1 aliphatic carbocycles. The van der Waals surface area contributed by atoms with Crippen molar-refractivity contribution in [3.8, 4) is 0 Å². The van der Waals surface area contributed by atoms with Crippen LogP contribution in [-0.2, 0) is 19.1 Å². The fourth-order valence-corrected chi connectivity index (χ4v) is 5.37. The lowest BCUT2D eigenvalue weighted by Crippen LogP contribution is -2.35. The van der Waals surface area contributed by atoms with Gasteiger partial charge in [-0.25, -0.2) is 0 Å². The third kappa shape index (κ3) is 9.62. The van der Waals surface area contributed by atoms with Crippen LogP contribution in [0.25, 0.3) is 0 Å². The Kier molecular flexibility index (Phi) is 11.7. The number of rotatable bonds is 13. The first kappa shape index (κ1) is 28.9. The predicted molar refractivity (Wildman–Crippen MR) is 146 cm³/mol. The molecule has 0 heterocycles. The van der Waals surface area contributed by atoms with Crippen LogP contribution in [0.15, 0.2) is 60.7 Å². The van der Waals surface area contributed by atoms with Gasteiger partial charge in [0.2, 0.25) is 0 Å². The lowest BCUT2D eigenvalue weighted by Gasteiger charge is -2.36. The molecular formula is C32H44O5. The van der Waals surface area contributed by atoms with Gasteiger partial charge in [0.05, 0.1) is 6.10 Å². The lowest BCUT2D eigenvalue weighted by molar-refractivity contribution is -0.156. The molecule has 1 aliphatic rings. The molecule has 0 bridgehead atoms. The molecule has 0 unspecified atom stereocenters. The molecule has 0 aromatic heterocycles. The minimum Gasteiger partial charge on any atom is -0.462 e. The van der Waals surface area contributed by atoms with E-state index in [4.69, 9.17) is 9.47 Å². The summed E-state index contributed by atoms with van der Waals surface area (Å²) in [6.45, 7) is 6.66. The van der Waals surface area contributed by atoms with Gasteiger partial charge in [0.25, 0.3) is 0 Å². The number of carbonyl (C=O) groups excluding carboxylic acids is 2. The number of hydrogen-bond acceptors (Lipinski definition) is 5. The van der Waals surface area contributed by atoms with E-state index in [1.807, 2.05) is 60.7 Å². The van der Waals surface area contributed by atoms with E-state index < -0.39 is 12.2 Å². The van der Waals surface area contributed by atoms with Gasteiger partial charge in [0, 0.05) is 12.8 Å². The first-order valence-electron chi connectivity index (χ1n) is 14.0. The quantitative estimate of drug-likeness (QED) is 0.286. The maximum absolute atomic E-state index is 12.7. The molecule has 2 aromatic carbocycles. The summed E-state index contributed by atoms with van der Waals surface area (Å²) in [7, 11) is 0. The average Bonchev–Trinajstić information content (AvgIpc) is 2.89. The minimum atomic E-state index is -0.590. The second-order valence-electron chi connectivity index (χ2n) is 11.0. The number of aliphatic hydroxyl groups excluding tert-OH is 1. The third-order valence-corrected chi connectivity index (χ3v) is 7.58. The van der Waals surface area contributed by atoms with Crippen LogP contribution in [0.5, 0.6) is 0 Å². The monoisotopic (exact) mass is 508 g/mol. The molecule has 0 amide bonds. The standard InChI is InChI=1S/C32H44O5/c1-23(2)27-21-20-24(3)22-30(27)37-32(35)19-11-17-29(26-14-8-5-9-15-26)36-31(34)18-10-16-28(33)25-12-6-4-7-13-25/h4-9,12-15,23-24,27-30,33H,10-11,16-22H2,1-3H3/t24-,27+,28-,29+,30-/m1/s1. The Morgan fingerprint density at radius 3 is 2.11 bits per heavy atom. The molecule has 1 fully saturated rings. The van der Waals surface area contributed by atoms with Gasteiger partial charge in [-0.3, -0.25) is 9.59 Å². The smallest absolute Gasteiger partial charge is 0.306 e. The molecule has 3 rings (SSSR count). The van der Waals surface area contributed by atoms with Gasteiger partial charge in [0.15, 0.2) is 0 Å². The highest BCUT2D eigenvalue weighted by atomic mass is 16.5. The van der Waals surface area contributed by atoms with Crippen LogP contribution in [0.4, 0.5) is 0 Å². The number of benzene rings is 2. The summed E-state index contributed by atoms with van der Waals surface area (Å²) < 4.78 is 11.8. The Morgan fingerprint density at radius 2 is 1.46 bits per heavy atom. The number of hydrogen-bond donors (Lipinski definition) is 1. The van der Waals surface area contributed by atoms with Crippen molar-refractivity contribution in [2.45, 2.75) is 96.9 Å². The van der Waals surface area contributed by atoms with Crippen molar-refractivity contribution in [3.63, 3.8) is 0 Å². The van der Waals surface area contributed by atoms with Crippen LogP contribution >= 0.6 is 0 Å². The molecule has 5 atom stereocenters. The molecule has 0 radical (unpaired) electrons. The summed E-state index contributed by atoms with van der Waals surface area (Å²) >= 11 is 0. The zero-order chi connectivity index (χ0) is 26.6. The highest BCUT2D eigenvalue weighted by molar-refractivity contribution is 5.70. The highest BCUT2D eigenvalue weighted by Gasteiger charge is 2.33. The summed E-state index contributed by atoms with van der Waals surface area (Å²) in [5.74, 6) is 1.08. The fraction of sp³-hybridized carbons (Fsp3) is 0.562. The van der Waals surface area contributed by atoms with E-state index >= 15 is 0 Å². The number of esters is 2. The highest BCUT2D eigenvalue weighted by Crippen LogP contribution is 2.35. The SMILES string of the molecule is CC(C)[C@@H]1CC[C@@H](C)C[C@H]1OC(=O)CCC[C@H](OC(=O)CCC[C@@H](O)c1ccccc1)c1ccccc1. The van der Waals surface area contributed by atoms with Crippen LogP contribution in [0.2, 0.25) is 0 Å². The minimum absolute atomic E-state index is 0.00485. The van der Waals surface area contributed by atoms with Crippen molar-refractivity contribution in [1.82, 2.24) is 0 Å². The number of aliphatic hydroxyl groups is 1. The molecule has 0 aliphatic heterocycles. The number of ether oxygens (including phenoxy) is 2. The van der Waals surface area contributed by atoms with Crippen LogP contribution in [0, 0.1) is 17.8 Å². The summed E-state index contributed by atoms with van der Waals surface area (Å²) in [5.41, 5.74) is 1.78. The Hall–Kier alpha value is -2.66. The molecule has 1 saturated carbocycles. The Balaban J connectivity index is 1.47. The summed E-state index contributed by atoms with van der Waals surface area (Å²) in [6.07, 6.45) is 5.02. The van der Waals surface area contributed by atoms with Crippen LogP contribution in [-0.4, -0.2) is 23.1 Å². The normalized spacial score (nSPS) is 21.3. The molecule has 2 aromatic rings. The van der Waals surface area contributed by atoms with Crippen molar-refractivity contribution in [2.24, 2.45) is 17.8 Å². The Bertz CT molecular complexity index is 942. The van der Waals surface area contributed by atoms with E-state index in [0.717, 1.165) is 24.0 Å². The molecule has 0 saturated heterocycles. The zero-order valence-corrected chi connectivity index (χ0v) is 22.7. The van der Waals surface area contributed by atoms with E-state index in [1.54, 1.807) is 0 Å². The van der Waals surface area contributed by atoms with Crippen molar-refractivity contribution in [2.75, 3.05) is 0 Å². The predicted octanol–water partition coefficient (Wildman–Crippen LogP) is 7.35. The van der Waals surface area contributed by atoms with Crippen LogP contribution in [0.1, 0.15) is 102 Å². The summed E-state index contributed by atoms with van der Waals surface area (Å²) in [4.78, 5) is 25.3. The molecular weight excluding hydrogens is 464 g/mol. The van der Waals surface area contributed by atoms with Gasteiger partial charge in [-0.05, 0) is 67.4 Å². The van der Waals surface area contributed by atoms with E-state index in [9.17, 15) is 14.7 Å². The molecule has 1 N–H and O–H groups in total. The average molecular weight is 509 g/mol. The van der Waals surface area contributed by atoms with Crippen LogP contribution < -0.4 is 0 Å². The zero-order valence-electron chi connectivity index (χ0n) is 22.7. The van der Waals surface area contributed by atoms with Gasteiger partial charge in [-0.2, -0.15) is 0 Å². The Labute approximate surface area is 222 Å². The second kappa shape index (κ2) is 14.9. The third-order valence-electron chi connectivity index (χ3n) is 7.58.